The van der Waals surface area contributed by atoms with Crippen LogP contribution in [-0.4, -0.2) is 19.7 Å². The van der Waals surface area contributed by atoms with Crippen molar-refractivity contribution in [3.05, 3.63) is 62.0 Å². The lowest BCUT2D eigenvalue weighted by Gasteiger charge is -2.11. The van der Waals surface area contributed by atoms with Crippen molar-refractivity contribution in [1.29, 1.82) is 0 Å². The van der Waals surface area contributed by atoms with Crippen LogP contribution in [-0.2, 0) is 13.5 Å². The van der Waals surface area contributed by atoms with E-state index in [9.17, 15) is 13.6 Å². The summed E-state index contributed by atoms with van der Waals surface area (Å²) in [6.07, 6.45) is 1.30. The molecule has 0 aliphatic carbocycles. The number of H-pyrrole nitrogens is 1. The minimum Gasteiger partial charge on any atom is -0.366 e. The van der Waals surface area contributed by atoms with E-state index in [-0.39, 0.29) is 29.3 Å². The third-order valence-electron chi connectivity index (χ3n) is 3.56. The van der Waals surface area contributed by atoms with E-state index in [2.05, 4.69) is 31.1 Å². The Balaban J connectivity index is 2.18. The van der Waals surface area contributed by atoms with E-state index in [1.807, 2.05) is 0 Å². The fourth-order valence-electron chi connectivity index (χ4n) is 2.36. The molecule has 24 heavy (non-hydrogen) atoms. The van der Waals surface area contributed by atoms with Crippen molar-refractivity contribution in [1.82, 2.24) is 19.7 Å². The first-order valence-corrected chi connectivity index (χ1v) is 7.66. The van der Waals surface area contributed by atoms with E-state index in [1.54, 1.807) is 6.07 Å². The first kappa shape index (κ1) is 16.3. The molecule has 3 N–H and O–H groups in total. The van der Waals surface area contributed by atoms with Crippen LogP contribution in [0.2, 0.25) is 0 Å². The molecule has 0 bridgehead atoms. The van der Waals surface area contributed by atoms with Gasteiger partial charge in [-0.05, 0) is 17.7 Å². The van der Waals surface area contributed by atoms with Crippen LogP contribution in [0.1, 0.15) is 11.1 Å². The minimum absolute atomic E-state index is 0.0139. The number of hydrogen-bond acceptors (Lipinski definition) is 4. The number of nitrogens with zero attached hydrogens (tertiary/aromatic N) is 3. The van der Waals surface area contributed by atoms with Gasteiger partial charge in [-0.2, -0.15) is 4.98 Å². The van der Waals surface area contributed by atoms with Crippen molar-refractivity contribution in [2.24, 2.45) is 7.05 Å². The van der Waals surface area contributed by atoms with Gasteiger partial charge in [0.25, 0.3) is 5.56 Å². The van der Waals surface area contributed by atoms with Crippen molar-refractivity contribution in [2.75, 3.05) is 5.73 Å². The molecule has 0 spiro atoms. The number of aromatic amines is 1. The number of aryl methyl sites for hydroxylation is 1. The Hall–Kier alpha value is -2.55. The second-order valence-electron chi connectivity index (χ2n) is 5.21. The summed E-state index contributed by atoms with van der Waals surface area (Å²) in [6, 6.07) is 4.44. The summed E-state index contributed by atoms with van der Waals surface area (Å²) in [6.45, 7) is 0. The molecule has 0 fully saturated rings. The number of nitrogens with two attached hydrogens (primary N) is 1. The second kappa shape index (κ2) is 6.16. The zero-order chi connectivity index (χ0) is 17.4. The van der Waals surface area contributed by atoms with Crippen molar-refractivity contribution < 1.29 is 8.78 Å². The van der Waals surface area contributed by atoms with Crippen molar-refractivity contribution in [2.45, 2.75) is 6.42 Å². The average Bonchev–Trinajstić information content (AvgIpc) is 2.96. The first-order valence-electron chi connectivity index (χ1n) is 6.87. The quantitative estimate of drug-likeness (QED) is 0.712. The van der Waals surface area contributed by atoms with Gasteiger partial charge in [0.05, 0.1) is 0 Å². The van der Waals surface area contributed by atoms with E-state index in [0.717, 1.165) is 4.57 Å². The van der Waals surface area contributed by atoms with Crippen LogP contribution in [0.4, 0.5) is 14.7 Å². The van der Waals surface area contributed by atoms with Gasteiger partial charge in [0.15, 0.2) is 11.6 Å². The SMILES string of the molecule is Cn1cc(-c2nc(N)n[nH]2)c(Cc2ccc(Br)cc2F)c(F)c1=O. The van der Waals surface area contributed by atoms with E-state index in [4.69, 9.17) is 5.73 Å². The van der Waals surface area contributed by atoms with Crippen LogP contribution in [0, 0.1) is 11.6 Å². The topological polar surface area (TPSA) is 89.6 Å². The summed E-state index contributed by atoms with van der Waals surface area (Å²) in [4.78, 5) is 15.9. The number of aromatic nitrogens is 4. The summed E-state index contributed by atoms with van der Waals surface area (Å²) >= 11 is 3.17. The molecule has 0 saturated carbocycles. The normalized spacial score (nSPS) is 11.0. The van der Waals surface area contributed by atoms with E-state index in [1.165, 1.54) is 25.4 Å². The van der Waals surface area contributed by atoms with Gasteiger partial charge < -0.3 is 10.3 Å². The molecule has 2 heterocycles. The van der Waals surface area contributed by atoms with Crippen LogP contribution < -0.4 is 11.3 Å². The number of nitrogens with one attached hydrogen (secondary N) is 1. The highest BCUT2D eigenvalue weighted by Gasteiger charge is 2.20. The van der Waals surface area contributed by atoms with Gasteiger partial charge in [0.1, 0.15) is 5.82 Å². The summed E-state index contributed by atoms with van der Waals surface area (Å²) in [7, 11) is 1.42. The molecule has 124 valence electrons. The summed E-state index contributed by atoms with van der Waals surface area (Å²) in [5.41, 5.74) is 5.24. The maximum absolute atomic E-state index is 14.6. The maximum Gasteiger partial charge on any atom is 0.286 e. The molecule has 1 aromatic carbocycles. The molecule has 3 rings (SSSR count). The van der Waals surface area contributed by atoms with Crippen LogP contribution in [0.5, 0.6) is 0 Å². The van der Waals surface area contributed by atoms with Crippen molar-refractivity contribution >= 4 is 21.9 Å². The highest BCUT2D eigenvalue weighted by Crippen LogP contribution is 2.26. The molecular formula is C15H12BrF2N5O. The van der Waals surface area contributed by atoms with Gasteiger partial charge in [-0.3, -0.25) is 9.89 Å². The van der Waals surface area contributed by atoms with Gasteiger partial charge in [0, 0.05) is 35.3 Å². The van der Waals surface area contributed by atoms with Gasteiger partial charge in [-0.25, -0.2) is 8.78 Å². The highest BCUT2D eigenvalue weighted by atomic mass is 79.9. The lowest BCUT2D eigenvalue weighted by atomic mass is 10.00. The number of hydrogen-bond donors (Lipinski definition) is 2. The smallest absolute Gasteiger partial charge is 0.286 e. The van der Waals surface area contributed by atoms with E-state index >= 15 is 0 Å². The summed E-state index contributed by atoms with van der Waals surface area (Å²) in [5, 5.41) is 6.28. The molecule has 0 aliphatic heterocycles. The molecule has 0 atom stereocenters. The third kappa shape index (κ3) is 2.94. The van der Waals surface area contributed by atoms with Gasteiger partial charge >= 0.3 is 0 Å². The first-order chi connectivity index (χ1) is 11.4. The largest absolute Gasteiger partial charge is 0.366 e. The van der Waals surface area contributed by atoms with Gasteiger partial charge in [0.2, 0.25) is 5.95 Å². The molecule has 2 aromatic heterocycles. The maximum atomic E-state index is 14.6. The molecule has 3 aromatic rings. The van der Waals surface area contributed by atoms with Crippen LogP contribution in [0.15, 0.2) is 33.7 Å². The Kier molecular flexibility index (Phi) is 4.18. The fraction of sp³-hybridized carbons (Fsp3) is 0.133. The third-order valence-corrected chi connectivity index (χ3v) is 4.05. The zero-order valence-electron chi connectivity index (χ0n) is 12.5. The van der Waals surface area contributed by atoms with Gasteiger partial charge in [-0.1, -0.05) is 22.0 Å². The summed E-state index contributed by atoms with van der Waals surface area (Å²) in [5.74, 6) is -1.28. The number of rotatable bonds is 3. The number of nitrogen functional groups attached to an aromatic ring is 1. The molecule has 6 nitrogen and oxygen atoms in total. The Morgan fingerprint density at radius 2 is 2.12 bits per heavy atom. The molecule has 0 radical (unpaired) electrons. The monoisotopic (exact) mass is 395 g/mol. The number of halogens is 3. The fourth-order valence-corrected chi connectivity index (χ4v) is 2.69. The lowest BCUT2D eigenvalue weighted by Crippen LogP contribution is -2.23. The number of pyridine rings is 1. The Morgan fingerprint density at radius 1 is 1.38 bits per heavy atom. The molecule has 0 unspecified atom stereocenters. The van der Waals surface area contributed by atoms with Gasteiger partial charge in [-0.15, -0.1) is 5.10 Å². The Morgan fingerprint density at radius 3 is 2.75 bits per heavy atom. The summed E-state index contributed by atoms with van der Waals surface area (Å²) < 4.78 is 30.3. The molecule has 0 amide bonds. The standard InChI is InChI=1S/C15H12BrF2N5O/c1-23-6-10(13-20-15(19)22-21-13)9(12(18)14(23)24)4-7-2-3-8(16)5-11(7)17/h2-3,5-6H,4H2,1H3,(H3,19,20,21,22). The predicted octanol–water partition coefficient (Wildman–Crippen LogP) is 2.38. The molecular weight excluding hydrogens is 384 g/mol. The van der Waals surface area contributed by atoms with Crippen LogP contribution in [0.25, 0.3) is 11.4 Å². The van der Waals surface area contributed by atoms with Crippen LogP contribution >= 0.6 is 15.9 Å². The molecule has 9 heteroatoms. The zero-order valence-corrected chi connectivity index (χ0v) is 14.1. The lowest BCUT2D eigenvalue weighted by molar-refractivity contribution is 0.573. The number of anilines is 1. The van der Waals surface area contributed by atoms with Crippen LogP contribution in [0.3, 0.4) is 0 Å². The van der Waals surface area contributed by atoms with E-state index < -0.39 is 17.2 Å². The number of benzene rings is 1. The van der Waals surface area contributed by atoms with E-state index in [0.29, 0.717) is 10.0 Å². The average molecular weight is 396 g/mol. The second-order valence-corrected chi connectivity index (χ2v) is 6.12. The van der Waals surface area contributed by atoms with Crippen molar-refractivity contribution in [3.8, 4) is 11.4 Å². The molecule has 0 aliphatic rings. The predicted molar refractivity (Wildman–Crippen MR) is 88.3 cm³/mol. The molecule has 0 saturated heterocycles. The highest BCUT2D eigenvalue weighted by molar-refractivity contribution is 9.10. The Bertz CT molecular complexity index is 982. The minimum atomic E-state index is -0.965. The van der Waals surface area contributed by atoms with Crippen molar-refractivity contribution in [3.63, 3.8) is 0 Å². The Labute approximate surface area is 143 Å².